The molecule has 2 rings (SSSR count). The monoisotopic (exact) mass is 389 g/mol. The van der Waals surface area contributed by atoms with E-state index in [1.807, 2.05) is 0 Å². The van der Waals surface area contributed by atoms with Crippen molar-refractivity contribution in [3.63, 3.8) is 0 Å². The normalized spacial score (nSPS) is 15.2. The third kappa shape index (κ3) is 6.29. The summed E-state index contributed by atoms with van der Waals surface area (Å²) < 4.78 is 51.0. The first-order chi connectivity index (χ1) is 11.6. The van der Waals surface area contributed by atoms with Crippen LogP contribution in [-0.2, 0) is 24.8 Å². The summed E-state index contributed by atoms with van der Waals surface area (Å²) in [7, 11) is -4.29. The van der Waals surface area contributed by atoms with Crippen LogP contribution in [0.4, 0.5) is 11.4 Å². The number of hydrogen-bond donors (Lipinski definition) is 2. The van der Waals surface area contributed by atoms with Gasteiger partial charge in [0.05, 0.1) is 17.2 Å². The average Bonchev–Trinajstić information content (AvgIpc) is 3.30. The van der Waals surface area contributed by atoms with Crippen molar-refractivity contribution in [1.82, 2.24) is 4.31 Å². The van der Waals surface area contributed by atoms with E-state index >= 15 is 0 Å². The first-order valence-electron chi connectivity index (χ1n) is 7.91. The van der Waals surface area contributed by atoms with Gasteiger partial charge in [0, 0.05) is 25.7 Å². The molecule has 140 valence electrons. The minimum Gasteiger partial charge on any atom is -0.326 e. The Kier molecular flexibility index (Phi) is 6.07. The Hall–Kier alpha value is -1.65. The van der Waals surface area contributed by atoms with Gasteiger partial charge in [0.25, 0.3) is 0 Å². The highest BCUT2D eigenvalue weighted by Crippen LogP contribution is 2.30. The Labute approximate surface area is 148 Å². The molecule has 8 nitrogen and oxygen atoms in total. The van der Waals surface area contributed by atoms with E-state index in [1.54, 1.807) is 18.2 Å². The predicted octanol–water partition coefficient (Wildman–Crippen LogP) is 1.06. The molecule has 2 N–H and O–H groups in total. The lowest BCUT2D eigenvalue weighted by Crippen LogP contribution is -2.27. The van der Waals surface area contributed by atoms with Gasteiger partial charge in [-0.2, -0.15) is 0 Å². The number of amides is 1. The van der Waals surface area contributed by atoms with Crippen LogP contribution in [0.2, 0.25) is 0 Å². The van der Waals surface area contributed by atoms with Crippen LogP contribution in [0.25, 0.3) is 0 Å². The van der Waals surface area contributed by atoms with E-state index in [1.165, 1.54) is 20.2 Å². The number of anilines is 2. The van der Waals surface area contributed by atoms with E-state index in [4.69, 9.17) is 0 Å². The van der Waals surface area contributed by atoms with Gasteiger partial charge in [-0.05, 0) is 37.5 Å². The molecule has 10 heteroatoms. The lowest BCUT2D eigenvalue weighted by atomic mass is 10.2. The number of nitrogens with zero attached hydrogens (tertiary/aromatic N) is 1. The molecule has 0 radical (unpaired) electrons. The molecular formula is C15H23N3O5S2. The van der Waals surface area contributed by atoms with Crippen LogP contribution >= 0.6 is 0 Å². The van der Waals surface area contributed by atoms with Gasteiger partial charge < -0.3 is 5.32 Å². The van der Waals surface area contributed by atoms with Crippen LogP contribution in [0.15, 0.2) is 24.3 Å². The summed E-state index contributed by atoms with van der Waals surface area (Å²) in [5, 5.41) is 2.75. The molecule has 1 aliphatic rings. The van der Waals surface area contributed by atoms with Crippen LogP contribution in [0.1, 0.15) is 19.3 Å². The molecule has 0 bridgehead atoms. The summed E-state index contributed by atoms with van der Waals surface area (Å²) >= 11 is 0. The van der Waals surface area contributed by atoms with Crippen molar-refractivity contribution in [2.24, 2.45) is 5.92 Å². The summed E-state index contributed by atoms with van der Waals surface area (Å²) in [4.78, 5) is 11.8. The fraction of sp³-hybridized carbons (Fsp3) is 0.533. The van der Waals surface area contributed by atoms with Crippen molar-refractivity contribution >= 4 is 37.3 Å². The van der Waals surface area contributed by atoms with Crippen LogP contribution < -0.4 is 10.0 Å². The summed E-state index contributed by atoms with van der Waals surface area (Å²) in [6.07, 6.45) is 1.76. The van der Waals surface area contributed by atoms with E-state index in [0.29, 0.717) is 11.4 Å². The number of rotatable bonds is 9. The van der Waals surface area contributed by atoms with Crippen LogP contribution in [0, 0.1) is 5.92 Å². The van der Waals surface area contributed by atoms with E-state index in [9.17, 15) is 21.6 Å². The third-order valence-electron chi connectivity index (χ3n) is 3.72. The van der Waals surface area contributed by atoms with Crippen LogP contribution in [-0.4, -0.2) is 52.6 Å². The third-order valence-corrected chi connectivity index (χ3v) is 7.01. The summed E-state index contributed by atoms with van der Waals surface area (Å²) in [6.45, 7) is 0. The molecule has 25 heavy (non-hydrogen) atoms. The van der Waals surface area contributed by atoms with E-state index in [-0.39, 0.29) is 29.8 Å². The van der Waals surface area contributed by atoms with Gasteiger partial charge in [-0.15, -0.1) is 0 Å². The molecule has 0 aliphatic heterocycles. The van der Waals surface area contributed by atoms with Gasteiger partial charge in [-0.3, -0.25) is 9.52 Å². The second kappa shape index (κ2) is 7.71. The molecule has 0 aromatic heterocycles. The maximum Gasteiger partial charge on any atom is 0.232 e. The Morgan fingerprint density at radius 3 is 2.36 bits per heavy atom. The van der Waals surface area contributed by atoms with Crippen molar-refractivity contribution in [2.75, 3.05) is 35.6 Å². The Bertz CT molecular complexity index is 830. The van der Waals surface area contributed by atoms with Crippen molar-refractivity contribution in [3.8, 4) is 0 Å². The first-order valence-corrected chi connectivity index (χ1v) is 11.2. The molecule has 0 atom stereocenters. The molecule has 1 fully saturated rings. The quantitative estimate of drug-likeness (QED) is 0.656. The number of benzene rings is 1. The van der Waals surface area contributed by atoms with Crippen LogP contribution in [0.3, 0.4) is 0 Å². The molecule has 0 spiro atoms. The van der Waals surface area contributed by atoms with Gasteiger partial charge in [0.15, 0.2) is 0 Å². The van der Waals surface area contributed by atoms with Gasteiger partial charge in [0.1, 0.15) is 0 Å². The molecule has 1 aliphatic carbocycles. The summed E-state index contributed by atoms with van der Waals surface area (Å²) in [6, 6.07) is 6.42. The second-order valence-corrected chi connectivity index (χ2v) is 10.4. The molecule has 1 saturated carbocycles. The largest absolute Gasteiger partial charge is 0.326 e. The lowest BCUT2D eigenvalue weighted by molar-refractivity contribution is -0.117. The highest BCUT2D eigenvalue weighted by atomic mass is 32.2. The number of carbonyl (C=O) groups excluding carboxylic acids is 1. The molecular weight excluding hydrogens is 366 g/mol. The minimum absolute atomic E-state index is 0.00600. The standard InChI is InChI=1S/C15H23N3O5S2/c1-18(2)25(22,23)10-4-9-24(20,21)17-14-6-3-5-13(11-14)16-15(19)12-7-8-12/h3,5-6,11-12,17H,4,7-10H2,1-2H3,(H,16,19). The van der Waals surface area contributed by atoms with Gasteiger partial charge in [0.2, 0.25) is 26.0 Å². The number of nitrogens with one attached hydrogen (secondary N) is 2. The van der Waals surface area contributed by atoms with E-state index in [0.717, 1.165) is 17.1 Å². The van der Waals surface area contributed by atoms with Crippen molar-refractivity contribution in [1.29, 1.82) is 0 Å². The SMILES string of the molecule is CN(C)S(=O)(=O)CCCS(=O)(=O)Nc1cccc(NC(=O)C2CC2)c1. The van der Waals surface area contributed by atoms with Crippen LogP contribution in [0.5, 0.6) is 0 Å². The number of sulfonamides is 2. The van der Waals surface area contributed by atoms with E-state index < -0.39 is 20.0 Å². The maximum atomic E-state index is 12.1. The number of carbonyl (C=O) groups is 1. The molecule has 0 saturated heterocycles. The molecule has 1 aromatic rings. The highest BCUT2D eigenvalue weighted by molar-refractivity contribution is 7.92. The molecule has 1 amide bonds. The van der Waals surface area contributed by atoms with Gasteiger partial charge >= 0.3 is 0 Å². The van der Waals surface area contributed by atoms with Gasteiger partial charge in [-0.1, -0.05) is 6.07 Å². The topological polar surface area (TPSA) is 113 Å². The predicted molar refractivity (Wildman–Crippen MR) is 97.3 cm³/mol. The molecule has 1 aromatic carbocycles. The van der Waals surface area contributed by atoms with Crippen molar-refractivity contribution in [2.45, 2.75) is 19.3 Å². The molecule has 0 unspecified atom stereocenters. The second-order valence-electron chi connectivity index (χ2n) is 6.22. The zero-order chi connectivity index (χ0) is 18.7. The van der Waals surface area contributed by atoms with E-state index in [2.05, 4.69) is 10.0 Å². The zero-order valence-corrected chi connectivity index (χ0v) is 15.9. The maximum absolute atomic E-state index is 12.1. The minimum atomic E-state index is -3.68. The lowest BCUT2D eigenvalue weighted by Gasteiger charge is -2.12. The fourth-order valence-electron chi connectivity index (χ4n) is 2.09. The first kappa shape index (κ1) is 19.7. The highest BCUT2D eigenvalue weighted by Gasteiger charge is 2.29. The molecule has 0 heterocycles. The summed E-state index contributed by atoms with van der Waals surface area (Å²) in [5.41, 5.74) is 0.844. The van der Waals surface area contributed by atoms with Crippen molar-refractivity contribution < 1.29 is 21.6 Å². The van der Waals surface area contributed by atoms with Crippen molar-refractivity contribution in [3.05, 3.63) is 24.3 Å². The van der Waals surface area contributed by atoms with Gasteiger partial charge in [-0.25, -0.2) is 21.1 Å². The Morgan fingerprint density at radius 2 is 1.76 bits per heavy atom. The Balaban J connectivity index is 1.92. The number of hydrogen-bond acceptors (Lipinski definition) is 5. The smallest absolute Gasteiger partial charge is 0.232 e. The summed E-state index contributed by atoms with van der Waals surface area (Å²) in [5.74, 6) is -0.551. The Morgan fingerprint density at radius 1 is 1.12 bits per heavy atom. The average molecular weight is 389 g/mol. The fourth-order valence-corrected chi connectivity index (χ4v) is 4.26. The zero-order valence-electron chi connectivity index (χ0n) is 14.2.